The van der Waals surface area contributed by atoms with Gasteiger partial charge in [-0.2, -0.15) is 0 Å². The fourth-order valence-corrected chi connectivity index (χ4v) is 3.60. The molecular formula is C24H30N2O3. The number of hydrogen-bond acceptors (Lipinski definition) is 3. The molecule has 29 heavy (non-hydrogen) atoms. The average Bonchev–Trinajstić information content (AvgIpc) is 2.75. The van der Waals surface area contributed by atoms with E-state index in [1.807, 2.05) is 37.3 Å². The summed E-state index contributed by atoms with van der Waals surface area (Å²) in [5, 5.41) is 2.98. The van der Waals surface area contributed by atoms with Crippen molar-refractivity contribution < 1.29 is 14.3 Å². The predicted octanol–water partition coefficient (Wildman–Crippen LogP) is 4.66. The van der Waals surface area contributed by atoms with Crippen LogP contribution in [0, 0.1) is 12.8 Å². The first-order valence-corrected chi connectivity index (χ1v) is 10.4. The van der Waals surface area contributed by atoms with Crippen molar-refractivity contribution in [3.8, 4) is 5.75 Å². The lowest BCUT2D eigenvalue weighted by Gasteiger charge is -2.21. The smallest absolute Gasteiger partial charge is 0.253 e. The van der Waals surface area contributed by atoms with Gasteiger partial charge in [0.15, 0.2) is 0 Å². The van der Waals surface area contributed by atoms with Crippen LogP contribution in [-0.4, -0.2) is 36.9 Å². The Kier molecular flexibility index (Phi) is 7.28. The lowest BCUT2D eigenvalue weighted by atomic mass is 9.88. The van der Waals surface area contributed by atoms with Gasteiger partial charge in [-0.25, -0.2) is 0 Å². The summed E-state index contributed by atoms with van der Waals surface area (Å²) in [7, 11) is 1.76. The summed E-state index contributed by atoms with van der Waals surface area (Å²) >= 11 is 0. The topological polar surface area (TPSA) is 58.6 Å². The Balaban J connectivity index is 1.52. The molecule has 1 saturated carbocycles. The van der Waals surface area contributed by atoms with Crippen LogP contribution in [0.15, 0.2) is 48.5 Å². The molecule has 1 N–H and O–H groups in total. The molecule has 0 spiro atoms. The number of hydrogen-bond donors (Lipinski definition) is 1. The molecule has 2 aromatic rings. The Morgan fingerprint density at radius 1 is 1.07 bits per heavy atom. The van der Waals surface area contributed by atoms with E-state index < -0.39 is 0 Å². The molecule has 2 aromatic carbocycles. The van der Waals surface area contributed by atoms with Crippen LogP contribution >= 0.6 is 0 Å². The Labute approximate surface area is 173 Å². The number of rotatable bonds is 7. The minimum atomic E-state index is -0.0914. The molecule has 1 aliphatic rings. The number of nitrogens with one attached hydrogen (secondary N) is 1. The summed E-state index contributed by atoms with van der Waals surface area (Å²) in [6.45, 7) is 2.93. The van der Waals surface area contributed by atoms with E-state index in [0.717, 1.165) is 31.4 Å². The third-order valence-corrected chi connectivity index (χ3v) is 5.42. The summed E-state index contributed by atoms with van der Waals surface area (Å²) in [5.41, 5.74) is 2.42. The van der Waals surface area contributed by atoms with Gasteiger partial charge in [-0.1, -0.05) is 43.0 Å². The summed E-state index contributed by atoms with van der Waals surface area (Å²) in [4.78, 5) is 26.8. The van der Waals surface area contributed by atoms with Gasteiger partial charge in [-0.15, -0.1) is 0 Å². The van der Waals surface area contributed by atoms with Gasteiger partial charge in [0.2, 0.25) is 5.91 Å². The number of benzene rings is 2. The van der Waals surface area contributed by atoms with Crippen LogP contribution < -0.4 is 10.1 Å². The lowest BCUT2D eigenvalue weighted by molar-refractivity contribution is -0.120. The third-order valence-electron chi connectivity index (χ3n) is 5.42. The average molecular weight is 395 g/mol. The second-order valence-corrected chi connectivity index (χ2v) is 7.79. The van der Waals surface area contributed by atoms with Gasteiger partial charge in [0.05, 0.1) is 6.54 Å². The zero-order valence-corrected chi connectivity index (χ0v) is 17.3. The van der Waals surface area contributed by atoms with Crippen molar-refractivity contribution in [2.45, 2.75) is 39.0 Å². The number of aryl methyl sites for hydroxylation is 1. The highest BCUT2D eigenvalue weighted by molar-refractivity contribution is 5.97. The van der Waals surface area contributed by atoms with E-state index in [1.54, 1.807) is 30.1 Å². The van der Waals surface area contributed by atoms with Gasteiger partial charge >= 0.3 is 0 Å². The van der Waals surface area contributed by atoms with Crippen molar-refractivity contribution in [3.05, 3.63) is 59.7 Å². The maximum absolute atomic E-state index is 12.7. The van der Waals surface area contributed by atoms with Crippen LogP contribution in [0.2, 0.25) is 0 Å². The number of anilines is 1. The summed E-state index contributed by atoms with van der Waals surface area (Å²) in [5.74, 6) is 0.856. The van der Waals surface area contributed by atoms with Crippen molar-refractivity contribution in [2.75, 3.05) is 25.5 Å². The molecule has 3 rings (SSSR count). The molecule has 0 aromatic heterocycles. The van der Waals surface area contributed by atoms with Crippen LogP contribution in [-0.2, 0) is 4.79 Å². The minimum absolute atomic E-state index is 0.0640. The number of amides is 2. The number of carbonyl (C=O) groups excluding carboxylic acids is 2. The van der Waals surface area contributed by atoms with Gasteiger partial charge in [0, 0.05) is 24.2 Å². The van der Waals surface area contributed by atoms with Gasteiger partial charge in [-0.3, -0.25) is 9.59 Å². The highest BCUT2D eigenvalue weighted by Crippen LogP contribution is 2.25. The van der Waals surface area contributed by atoms with Crippen LogP contribution in [0.1, 0.15) is 48.0 Å². The lowest BCUT2D eigenvalue weighted by Crippen LogP contribution is -2.31. The molecule has 0 heterocycles. The van der Waals surface area contributed by atoms with Gasteiger partial charge in [-0.05, 0) is 50.1 Å². The molecular weight excluding hydrogens is 364 g/mol. The van der Waals surface area contributed by atoms with Gasteiger partial charge < -0.3 is 15.0 Å². The normalized spacial score (nSPS) is 14.3. The summed E-state index contributed by atoms with van der Waals surface area (Å²) < 4.78 is 5.71. The largest absolute Gasteiger partial charge is 0.492 e. The molecule has 0 unspecified atom stereocenters. The van der Waals surface area contributed by atoms with E-state index in [1.165, 1.54) is 12.0 Å². The molecule has 0 aliphatic heterocycles. The van der Waals surface area contributed by atoms with Crippen molar-refractivity contribution in [2.24, 2.45) is 5.92 Å². The quantitative estimate of drug-likeness (QED) is 0.743. The molecule has 1 fully saturated rings. The SMILES string of the molecule is Cc1ccc(OCCN(C)C(=O)c2cccc(NC(=O)C3CCCCC3)c2)cc1. The van der Waals surface area contributed by atoms with Crippen LogP contribution in [0.4, 0.5) is 5.69 Å². The first-order chi connectivity index (χ1) is 14.0. The zero-order valence-electron chi connectivity index (χ0n) is 17.3. The van der Waals surface area contributed by atoms with Gasteiger partial charge in [0.25, 0.3) is 5.91 Å². The summed E-state index contributed by atoms with van der Waals surface area (Å²) in [6.07, 6.45) is 5.36. The van der Waals surface area contributed by atoms with E-state index in [4.69, 9.17) is 4.74 Å². The molecule has 1 aliphatic carbocycles. The predicted molar refractivity (Wildman–Crippen MR) is 115 cm³/mol. The fourth-order valence-electron chi connectivity index (χ4n) is 3.60. The Hall–Kier alpha value is -2.82. The number of nitrogens with zero attached hydrogens (tertiary/aromatic N) is 1. The highest BCUT2D eigenvalue weighted by atomic mass is 16.5. The second-order valence-electron chi connectivity index (χ2n) is 7.79. The Bertz CT molecular complexity index is 826. The van der Waals surface area contributed by atoms with Gasteiger partial charge in [0.1, 0.15) is 12.4 Å². The van der Waals surface area contributed by atoms with Crippen LogP contribution in [0.25, 0.3) is 0 Å². The second kappa shape index (κ2) is 10.1. The first kappa shape index (κ1) is 20.9. The monoisotopic (exact) mass is 394 g/mol. The Morgan fingerprint density at radius 3 is 2.52 bits per heavy atom. The van der Waals surface area contributed by atoms with Crippen LogP contribution in [0.3, 0.4) is 0 Å². The van der Waals surface area contributed by atoms with Crippen molar-refractivity contribution in [1.82, 2.24) is 4.90 Å². The van der Waals surface area contributed by atoms with E-state index in [-0.39, 0.29) is 17.7 Å². The van der Waals surface area contributed by atoms with E-state index in [2.05, 4.69) is 5.32 Å². The molecule has 5 heteroatoms. The minimum Gasteiger partial charge on any atom is -0.492 e. The molecule has 0 atom stereocenters. The molecule has 0 radical (unpaired) electrons. The fraction of sp³-hybridized carbons (Fsp3) is 0.417. The van der Waals surface area contributed by atoms with E-state index in [9.17, 15) is 9.59 Å². The van der Waals surface area contributed by atoms with E-state index in [0.29, 0.717) is 24.4 Å². The first-order valence-electron chi connectivity index (χ1n) is 10.4. The molecule has 154 valence electrons. The zero-order chi connectivity index (χ0) is 20.6. The molecule has 5 nitrogen and oxygen atoms in total. The maximum atomic E-state index is 12.7. The van der Waals surface area contributed by atoms with Crippen molar-refractivity contribution >= 4 is 17.5 Å². The standard InChI is InChI=1S/C24H30N2O3/c1-18-11-13-22(14-12-18)29-16-15-26(2)24(28)20-9-6-10-21(17-20)25-23(27)19-7-4-3-5-8-19/h6,9-14,17,19H,3-5,7-8,15-16H2,1-2H3,(H,25,27). The highest BCUT2D eigenvalue weighted by Gasteiger charge is 2.21. The number of carbonyl (C=O) groups is 2. The molecule has 0 saturated heterocycles. The van der Waals surface area contributed by atoms with Crippen molar-refractivity contribution in [1.29, 1.82) is 0 Å². The number of ether oxygens (including phenoxy) is 1. The number of likely N-dealkylation sites (N-methyl/N-ethyl adjacent to an activating group) is 1. The molecule has 0 bridgehead atoms. The molecule has 2 amide bonds. The Morgan fingerprint density at radius 2 is 1.79 bits per heavy atom. The van der Waals surface area contributed by atoms with Crippen molar-refractivity contribution in [3.63, 3.8) is 0 Å². The van der Waals surface area contributed by atoms with Crippen LogP contribution in [0.5, 0.6) is 5.75 Å². The maximum Gasteiger partial charge on any atom is 0.253 e. The summed E-state index contributed by atoms with van der Waals surface area (Å²) in [6, 6.07) is 15.0. The third kappa shape index (κ3) is 6.08. The van der Waals surface area contributed by atoms with E-state index >= 15 is 0 Å².